The van der Waals surface area contributed by atoms with E-state index < -0.39 is 17.5 Å². The standard InChI is InChI=1S/C15H22F2N2O2/c1-4-10(5-2)19(6-7-21-3)15(20)11-8-12(16)13(17)9-14(11)18/h8-10H,4-7,18H2,1-3H3. The van der Waals surface area contributed by atoms with E-state index in [0.717, 1.165) is 25.0 Å². The molecular weight excluding hydrogens is 278 g/mol. The molecule has 1 aromatic carbocycles. The number of halogens is 2. The molecule has 0 fully saturated rings. The quantitative estimate of drug-likeness (QED) is 0.788. The van der Waals surface area contributed by atoms with E-state index in [2.05, 4.69) is 0 Å². The predicted octanol–water partition coefficient (Wildman–Crippen LogP) is 2.82. The molecule has 0 spiro atoms. The van der Waals surface area contributed by atoms with E-state index in [1.807, 2.05) is 13.8 Å². The number of benzene rings is 1. The van der Waals surface area contributed by atoms with Crippen molar-refractivity contribution in [3.8, 4) is 0 Å². The van der Waals surface area contributed by atoms with Gasteiger partial charge in [-0.25, -0.2) is 8.78 Å². The van der Waals surface area contributed by atoms with Gasteiger partial charge in [-0.2, -0.15) is 0 Å². The van der Waals surface area contributed by atoms with Gasteiger partial charge in [0.15, 0.2) is 11.6 Å². The van der Waals surface area contributed by atoms with Crippen LogP contribution in [0.3, 0.4) is 0 Å². The molecular formula is C15H22F2N2O2. The van der Waals surface area contributed by atoms with Crippen LogP contribution >= 0.6 is 0 Å². The Labute approximate surface area is 123 Å². The molecule has 0 aromatic heterocycles. The van der Waals surface area contributed by atoms with Crippen LogP contribution in [0.4, 0.5) is 14.5 Å². The zero-order chi connectivity index (χ0) is 16.0. The van der Waals surface area contributed by atoms with Crippen molar-refractivity contribution in [3.63, 3.8) is 0 Å². The van der Waals surface area contributed by atoms with Crippen LogP contribution < -0.4 is 5.73 Å². The number of carbonyl (C=O) groups excluding carboxylic acids is 1. The lowest BCUT2D eigenvalue weighted by Crippen LogP contribution is -2.42. The summed E-state index contributed by atoms with van der Waals surface area (Å²) < 4.78 is 31.5. The molecule has 0 unspecified atom stereocenters. The molecule has 0 aliphatic rings. The first-order valence-electron chi connectivity index (χ1n) is 7.00. The van der Waals surface area contributed by atoms with Gasteiger partial charge in [0.05, 0.1) is 12.2 Å². The van der Waals surface area contributed by atoms with Gasteiger partial charge in [0, 0.05) is 31.5 Å². The van der Waals surface area contributed by atoms with E-state index in [1.165, 1.54) is 0 Å². The van der Waals surface area contributed by atoms with E-state index in [4.69, 9.17) is 10.5 Å². The summed E-state index contributed by atoms with van der Waals surface area (Å²) in [5, 5.41) is 0. The van der Waals surface area contributed by atoms with E-state index >= 15 is 0 Å². The van der Waals surface area contributed by atoms with Gasteiger partial charge < -0.3 is 15.4 Å². The number of hydrogen-bond donors (Lipinski definition) is 1. The lowest BCUT2D eigenvalue weighted by atomic mass is 10.1. The monoisotopic (exact) mass is 300 g/mol. The Bertz CT molecular complexity index is 491. The van der Waals surface area contributed by atoms with Gasteiger partial charge >= 0.3 is 0 Å². The molecule has 118 valence electrons. The molecule has 0 atom stereocenters. The Morgan fingerprint density at radius 2 is 1.86 bits per heavy atom. The molecule has 6 heteroatoms. The number of hydrogen-bond acceptors (Lipinski definition) is 3. The van der Waals surface area contributed by atoms with Gasteiger partial charge in [-0.15, -0.1) is 0 Å². The summed E-state index contributed by atoms with van der Waals surface area (Å²) in [6.45, 7) is 4.68. The number of amides is 1. The van der Waals surface area contributed by atoms with Crippen molar-refractivity contribution < 1.29 is 18.3 Å². The fourth-order valence-corrected chi connectivity index (χ4v) is 2.27. The highest BCUT2D eigenvalue weighted by atomic mass is 19.2. The smallest absolute Gasteiger partial charge is 0.256 e. The van der Waals surface area contributed by atoms with Crippen LogP contribution in [0.1, 0.15) is 37.0 Å². The molecule has 0 bridgehead atoms. The third kappa shape index (κ3) is 4.14. The summed E-state index contributed by atoms with van der Waals surface area (Å²) in [5.74, 6) is -2.55. The second-order valence-corrected chi connectivity index (χ2v) is 4.82. The number of nitrogen functional groups attached to an aromatic ring is 1. The molecule has 0 saturated carbocycles. The van der Waals surface area contributed by atoms with Crippen LogP contribution in [0, 0.1) is 11.6 Å². The van der Waals surface area contributed by atoms with E-state index in [-0.39, 0.29) is 17.3 Å². The average Bonchev–Trinajstić information content (AvgIpc) is 2.46. The average molecular weight is 300 g/mol. The first-order chi connectivity index (χ1) is 9.96. The van der Waals surface area contributed by atoms with Crippen molar-refractivity contribution >= 4 is 11.6 Å². The number of anilines is 1. The summed E-state index contributed by atoms with van der Waals surface area (Å²) in [7, 11) is 1.54. The lowest BCUT2D eigenvalue weighted by Gasteiger charge is -2.31. The number of rotatable bonds is 7. The molecule has 0 aliphatic heterocycles. The van der Waals surface area contributed by atoms with Crippen LogP contribution in [0.5, 0.6) is 0 Å². The summed E-state index contributed by atoms with van der Waals surface area (Å²) in [6, 6.07) is 1.69. The zero-order valence-corrected chi connectivity index (χ0v) is 12.7. The first-order valence-corrected chi connectivity index (χ1v) is 7.00. The van der Waals surface area contributed by atoms with Gasteiger partial charge in [-0.1, -0.05) is 13.8 Å². The van der Waals surface area contributed by atoms with Crippen molar-refractivity contribution in [1.82, 2.24) is 4.90 Å². The van der Waals surface area contributed by atoms with Gasteiger partial charge in [0.25, 0.3) is 5.91 Å². The second-order valence-electron chi connectivity index (χ2n) is 4.82. The maximum Gasteiger partial charge on any atom is 0.256 e. The van der Waals surface area contributed by atoms with Crippen molar-refractivity contribution in [2.45, 2.75) is 32.7 Å². The fourth-order valence-electron chi connectivity index (χ4n) is 2.27. The van der Waals surface area contributed by atoms with Crippen molar-refractivity contribution in [2.24, 2.45) is 0 Å². The van der Waals surface area contributed by atoms with Gasteiger partial charge in [0.1, 0.15) is 0 Å². The molecule has 1 amide bonds. The van der Waals surface area contributed by atoms with Gasteiger partial charge in [0.2, 0.25) is 0 Å². The topological polar surface area (TPSA) is 55.6 Å². The molecule has 4 nitrogen and oxygen atoms in total. The Kier molecular flexibility index (Phi) is 6.55. The van der Waals surface area contributed by atoms with E-state index in [0.29, 0.717) is 13.2 Å². The molecule has 0 aliphatic carbocycles. The Hall–Kier alpha value is -1.69. The van der Waals surface area contributed by atoms with Crippen LogP contribution in [0.25, 0.3) is 0 Å². The normalized spacial score (nSPS) is 11.0. The van der Waals surface area contributed by atoms with Crippen molar-refractivity contribution in [2.75, 3.05) is 26.0 Å². The largest absolute Gasteiger partial charge is 0.398 e. The molecule has 2 N–H and O–H groups in total. The summed E-state index contributed by atoms with van der Waals surface area (Å²) in [4.78, 5) is 14.2. The highest BCUT2D eigenvalue weighted by Crippen LogP contribution is 2.21. The molecule has 0 heterocycles. The number of carbonyl (C=O) groups is 1. The minimum Gasteiger partial charge on any atom is -0.398 e. The Morgan fingerprint density at radius 3 is 2.38 bits per heavy atom. The first kappa shape index (κ1) is 17.4. The number of ether oxygens (including phenoxy) is 1. The fraction of sp³-hybridized carbons (Fsp3) is 0.533. The maximum atomic E-state index is 13.4. The summed E-state index contributed by atoms with van der Waals surface area (Å²) >= 11 is 0. The van der Waals surface area contributed by atoms with Crippen LogP contribution in [0.15, 0.2) is 12.1 Å². The predicted molar refractivity (Wildman–Crippen MR) is 78.1 cm³/mol. The number of nitrogens with two attached hydrogens (primary N) is 1. The minimum absolute atomic E-state index is 0.000152. The molecule has 0 saturated heterocycles. The summed E-state index contributed by atoms with van der Waals surface area (Å²) in [5.41, 5.74) is 5.58. The second kappa shape index (κ2) is 7.93. The highest BCUT2D eigenvalue weighted by molar-refractivity contribution is 5.99. The van der Waals surface area contributed by atoms with Crippen molar-refractivity contribution in [1.29, 1.82) is 0 Å². The SMILES string of the molecule is CCC(CC)N(CCOC)C(=O)c1cc(F)c(F)cc1N. The van der Waals surface area contributed by atoms with E-state index in [9.17, 15) is 13.6 Å². The maximum absolute atomic E-state index is 13.4. The highest BCUT2D eigenvalue weighted by Gasteiger charge is 2.24. The third-order valence-corrected chi connectivity index (χ3v) is 3.50. The minimum atomic E-state index is -1.08. The number of nitrogens with zero attached hydrogens (tertiary/aromatic N) is 1. The molecule has 1 aromatic rings. The Morgan fingerprint density at radius 1 is 1.29 bits per heavy atom. The molecule has 0 radical (unpaired) electrons. The number of methoxy groups -OCH3 is 1. The third-order valence-electron chi connectivity index (χ3n) is 3.50. The summed E-state index contributed by atoms with van der Waals surface area (Å²) in [6.07, 6.45) is 1.52. The van der Waals surface area contributed by atoms with E-state index in [1.54, 1.807) is 12.0 Å². The molecule has 1 rings (SSSR count). The van der Waals surface area contributed by atoms with Crippen LogP contribution in [-0.4, -0.2) is 37.1 Å². The Balaban J connectivity index is 3.12. The van der Waals surface area contributed by atoms with Crippen molar-refractivity contribution in [3.05, 3.63) is 29.3 Å². The molecule has 21 heavy (non-hydrogen) atoms. The van der Waals surface area contributed by atoms with Gasteiger partial charge in [-0.3, -0.25) is 4.79 Å². The lowest BCUT2D eigenvalue weighted by molar-refractivity contribution is 0.0590. The van der Waals surface area contributed by atoms with Gasteiger partial charge in [-0.05, 0) is 18.9 Å². The zero-order valence-electron chi connectivity index (χ0n) is 12.7. The van der Waals surface area contributed by atoms with Crippen LogP contribution in [0.2, 0.25) is 0 Å². The van der Waals surface area contributed by atoms with Crippen LogP contribution in [-0.2, 0) is 4.74 Å².